The molecule has 0 fully saturated rings. The molecule has 6 N–H and O–H groups in total. The van der Waals surface area contributed by atoms with Crippen LogP contribution in [0.5, 0.6) is 0 Å². The second kappa shape index (κ2) is 6.97. The van der Waals surface area contributed by atoms with Crippen LogP contribution in [-0.4, -0.2) is 18.4 Å². The molecule has 0 aliphatic heterocycles. The van der Waals surface area contributed by atoms with Crippen LogP contribution in [-0.2, 0) is 9.59 Å². The van der Waals surface area contributed by atoms with E-state index < -0.39 is 5.41 Å². The molecule has 0 unspecified atom stereocenters. The Balaban J connectivity index is 2.70. The largest absolute Gasteiger partial charge is 0.397 e. The van der Waals surface area contributed by atoms with E-state index in [1.165, 1.54) is 0 Å². The predicted molar refractivity (Wildman–Crippen MR) is 85.9 cm³/mol. The van der Waals surface area contributed by atoms with Crippen molar-refractivity contribution < 1.29 is 9.59 Å². The van der Waals surface area contributed by atoms with Crippen molar-refractivity contribution >= 4 is 28.9 Å². The third-order valence-corrected chi connectivity index (χ3v) is 3.49. The van der Waals surface area contributed by atoms with E-state index in [1.54, 1.807) is 18.2 Å². The Morgan fingerprint density at radius 2 is 1.95 bits per heavy atom. The number of anilines is 3. The van der Waals surface area contributed by atoms with E-state index >= 15 is 0 Å². The van der Waals surface area contributed by atoms with E-state index in [0.29, 0.717) is 23.6 Å². The van der Waals surface area contributed by atoms with Crippen LogP contribution in [0.3, 0.4) is 0 Å². The van der Waals surface area contributed by atoms with Gasteiger partial charge in [0.1, 0.15) is 0 Å². The van der Waals surface area contributed by atoms with Crippen molar-refractivity contribution in [3.8, 4) is 0 Å². The quantitative estimate of drug-likeness (QED) is 0.575. The Kier molecular flexibility index (Phi) is 5.58. The molecule has 0 aliphatic rings. The van der Waals surface area contributed by atoms with Gasteiger partial charge in [0.15, 0.2) is 0 Å². The van der Waals surface area contributed by atoms with Crippen LogP contribution < -0.4 is 22.1 Å². The van der Waals surface area contributed by atoms with Crippen molar-refractivity contribution in [1.82, 2.24) is 0 Å². The van der Waals surface area contributed by atoms with Crippen LogP contribution in [0.25, 0.3) is 0 Å². The van der Waals surface area contributed by atoms with E-state index in [-0.39, 0.29) is 18.2 Å². The summed E-state index contributed by atoms with van der Waals surface area (Å²) in [5.41, 5.74) is 12.4. The van der Waals surface area contributed by atoms with Crippen LogP contribution >= 0.6 is 0 Å². The molecule has 0 atom stereocenters. The van der Waals surface area contributed by atoms with Gasteiger partial charge in [-0.25, -0.2) is 0 Å². The predicted octanol–water partition coefficient (Wildman–Crippen LogP) is 1.93. The van der Waals surface area contributed by atoms with Crippen LogP contribution in [0.2, 0.25) is 0 Å². The first-order chi connectivity index (χ1) is 9.76. The molecular formula is C15H24N4O2. The van der Waals surface area contributed by atoms with Crippen molar-refractivity contribution in [2.45, 2.75) is 33.6 Å². The average Bonchev–Trinajstić information content (AvgIpc) is 2.40. The summed E-state index contributed by atoms with van der Waals surface area (Å²) in [5, 5.41) is 5.88. The van der Waals surface area contributed by atoms with Crippen molar-refractivity contribution in [3.05, 3.63) is 18.2 Å². The van der Waals surface area contributed by atoms with E-state index in [4.69, 9.17) is 11.5 Å². The summed E-state index contributed by atoms with van der Waals surface area (Å²) in [5.74, 6) is -0.411. The molecule has 0 saturated carbocycles. The van der Waals surface area contributed by atoms with Crippen LogP contribution in [0.15, 0.2) is 18.2 Å². The second-order valence-electron chi connectivity index (χ2n) is 5.64. The molecule has 0 aliphatic carbocycles. The van der Waals surface area contributed by atoms with Gasteiger partial charge in [-0.05, 0) is 24.6 Å². The number of nitrogens with one attached hydrogen (secondary N) is 2. The van der Waals surface area contributed by atoms with E-state index in [0.717, 1.165) is 6.42 Å². The molecule has 116 valence electrons. The van der Waals surface area contributed by atoms with Gasteiger partial charge in [0.05, 0.1) is 11.4 Å². The van der Waals surface area contributed by atoms with Crippen LogP contribution in [0.1, 0.15) is 33.6 Å². The third kappa shape index (κ3) is 4.98. The number of nitrogens with two attached hydrogens (primary N) is 2. The summed E-state index contributed by atoms with van der Waals surface area (Å²) in [6.07, 6.45) is 0.990. The molecule has 0 spiro atoms. The first-order valence-electron chi connectivity index (χ1n) is 6.99. The number of nitrogen functional groups attached to an aromatic ring is 1. The number of hydrogen-bond acceptors (Lipinski definition) is 4. The maximum atomic E-state index is 12.1. The molecule has 0 radical (unpaired) electrons. The number of primary amides is 1. The third-order valence-electron chi connectivity index (χ3n) is 3.49. The lowest BCUT2D eigenvalue weighted by molar-refractivity contribution is -0.124. The highest BCUT2D eigenvalue weighted by Gasteiger charge is 2.25. The summed E-state index contributed by atoms with van der Waals surface area (Å²) >= 11 is 0. The molecule has 0 aromatic heterocycles. The Hall–Kier alpha value is -2.24. The Morgan fingerprint density at radius 1 is 1.29 bits per heavy atom. The van der Waals surface area contributed by atoms with Crippen LogP contribution in [0.4, 0.5) is 17.1 Å². The lowest BCUT2D eigenvalue weighted by atomic mass is 9.89. The summed E-state index contributed by atoms with van der Waals surface area (Å²) in [6, 6.07) is 5.23. The van der Waals surface area contributed by atoms with Gasteiger partial charge in [-0.2, -0.15) is 0 Å². The number of hydrogen-bond donors (Lipinski definition) is 4. The van der Waals surface area contributed by atoms with Gasteiger partial charge >= 0.3 is 0 Å². The molecule has 1 aromatic carbocycles. The standard InChI is InChI=1S/C15H24N4O2/c1-4-15(2,3)14(21)19-10-5-6-12(11(16)9-10)18-8-7-13(17)20/h5-6,9,18H,4,7-8,16H2,1-3H3,(H2,17,20)(H,19,21). The summed E-state index contributed by atoms with van der Waals surface area (Å²) < 4.78 is 0. The van der Waals surface area contributed by atoms with Crippen molar-refractivity contribution in [2.75, 3.05) is 22.9 Å². The lowest BCUT2D eigenvalue weighted by Gasteiger charge is -2.21. The molecule has 0 saturated heterocycles. The first kappa shape index (κ1) is 16.8. The fourth-order valence-corrected chi connectivity index (χ4v) is 1.58. The summed E-state index contributed by atoms with van der Waals surface area (Å²) in [6.45, 7) is 6.19. The fourth-order valence-electron chi connectivity index (χ4n) is 1.58. The smallest absolute Gasteiger partial charge is 0.230 e. The van der Waals surface area contributed by atoms with E-state index in [2.05, 4.69) is 10.6 Å². The molecule has 0 bridgehead atoms. The highest BCUT2D eigenvalue weighted by atomic mass is 16.2. The SMILES string of the molecule is CCC(C)(C)C(=O)Nc1ccc(NCCC(N)=O)c(N)c1. The van der Waals surface area contributed by atoms with Gasteiger partial charge in [-0.15, -0.1) is 0 Å². The zero-order chi connectivity index (χ0) is 16.0. The molecule has 21 heavy (non-hydrogen) atoms. The normalized spacial score (nSPS) is 11.0. The topological polar surface area (TPSA) is 110 Å². The van der Waals surface area contributed by atoms with Gasteiger partial charge in [0, 0.05) is 24.1 Å². The minimum Gasteiger partial charge on any atom is -0.397 e. The molecule has 6 heteroatoms. The molecule has 6 nitrogen and oxygen atoms in total. The number of amides is 2. The Morgan fingerprint density at radius 3 is 2.48 bits per heavy atom. The Labute approximate surface area is 125 Å². The lowest BCUT2D eigenvalue weighted by Crippen LogP contribution is -2.30. The van der Waals surface area contributed by atoms with Crippen molar-refractivity contribution in [1.29, 1.82) is 0 Å². The van der Waals surface area contributed by atoms with Gasteiger partial charge in [0.25, 0.3) is 0 Å². The monoisotopic (exact) mass is 292 g/mol. The second-order valence-corrected chi connectivity index (χ2v) is 5.64. The maximum absolute atomic E-state index is 12.1. The molecule has 1 rings (SSSR count). The average molecular weight is 292 g/mol. The van der Waals surface area contributed by atoms with Gasteiger partial charge < -0.3 is 22.1 Å². The molecule has 0 heterocycles. The zero-order valence-corrected chi connectivity index (χ0v) is 12.8. The number of carbonyl (C=O) groups excluding carboxylic acids is 2. The Bertz CT molecular complexity index is 526. The summed E-state index contributed by atoms with van der Waals surface area (Å²) in [7, 11) is 0. The maximum Gasteiger partial charge on any atom is 0.230 e. The number of carbonyl (C=O) groups is 2. The fraction of sp³-hybridized carbons (Fsp3) is 0.467. The van der Waals surface area contributed by atoms with Crippen molar-refractivity contribution in [3.63, 3.8) is 0 Å². The molecule has 1 aromatic rings. The minimum atomic E-state index is -0.423. The van der Waals surface area contributed by atoms with E-state index in [9.17, 15) is 9.59 Å². The molecule has 2 amide bonds. The van der Waals surface area contributed by atoms with Gasteiger partial charge in [0.2, 0.25) is 11.8 Å². The number of benzene rings is 1. The molecular weight excluding hydrogens is 268 g/mol. The first-order valence-corrected chi connectivity index (χ1v) is 6.99. The highest BCUT2D eigenvalue weighted by molar-refractivity contribution is 5.95. The van der Waals surface area contributed by atoms with Gasteiger partial charge in [-0.3, -0.25) is 9.59 Å². The van der Waals surface area contributed by atoms with Crippen molar-refractivity contribution in [2.24, 2.45) is 11.1 Å². The van der Waals surface area contributed by atoms with Crippen LogP contribution in [0, 0.1) is 5.41 Å². The summed E-state index contributed by atoms with van der Waals surface area (Å²) in [4.78, 5) is 22.8. The highest BCUT2D eigenvalue weighted by Crippen LogP contribution is 2.26. The van der Waals surface area contributed by atoms with Gasteiger partial charge in [-0.1, -0.05) is 20.8 Å². The zero-order valence-electron chi connectivity index (χ0n) is 12.8. The minimum absolute atomic E-state index is 0.0427. The number of rotatable bonds is 7. The van der Waals surface area contributed by atoms with E-state index in [1.807, 2.05) is 20.8 Å².